The molecule has 0 bridgehead atoms. The molecule has 2 nitrogen and oxygen atoms in total. The maximum Gasteiger partial charge on any atom is 0.495 e. The first kappa shape index (κ1) is 6.69. The van der Waals surface area contributed by atoms with Crippen molar-refractivity contribution in [3.05, 3.63) is 0 Å². The van der Waals surface area contributed by atoms with Gasteiger partial charge in [-0.05, 0) is 0 Å². The van der Waals surface area contributed by atoms with Crippen molar-refractivity contribution in [1.29, 1.82) is 0 Å². The monoisotopic (exact) mass is 126 g/mol. The molecule has 0 saturated heterocycles. The summed E-state index contributed by atoms with van der Waals surface area (Å²) < 4.78 is 14.7. The van der Waals surface area contributed by atoms with E-state index in [-0.39, 0.29) is 12.5 Å². The third-order valence-electron chi connectivity index (χ3n) is 0.293. The molecule has 4 heteroatoms. The van der Waals surface area contributed by atoms with Gasteiger partial charge < -0.3 is 4.74 Å². The molecule has 0 aliphatic carbocycles. The molecule has 0 unspecified atom stereocenters. The van der Waals surface area contributed by atoms with Gasteiger partial charge in [-0.1, -0.05) is 0 Å². The molecule has 0 rings (SSSR count). The van der Waals surface area contributed by atoms with Gasteiger partial charge in [0.1, 0.15) is 6.61 Å². The number of carbonyl (C=O) groups is 1. The van der Waals surface area contributed by atoms with Crippen LogP contribution in [0.3, 0.4) is 0 Å². The van der Waals surface area contributed by atoms with Crippen molar-refractivity contribution in [1.82, 2.24) is 0 Å². The molecule has 0 aliphatic rings. The molecular weight excluding hydrogens is 122 g/mol. The number of alkyl halides is 1. The van der Waals surface area contributed by atoms with Crippen molar-refractivity contribution in [2.24, 2.45) is 0 Å². The molecule has 0 spiro atoms. The summed E-state index contributed by atoms with van der Waals surface area (Å²) in [6.45, 7) is -0.0586. The highest BCUT2D eigenvalue weighted by Crippen LogP contribution is 1.82. The molecule has 0 amide bonds. The van der Waals surface area contributed by atoms with Crippen LogP contribution in [0.15, 0.2) is 0 Å². The standard InChI is InChI=1S/C3H4ClFO2/c4-1-2-7-3(5)6/h1-2H2. The predicted molar refractivity (Wildman–Crippen MR) is 23.2 cm³/mol. The topological polar surface area (TPSA) is 26.3 Å². The second kappa shape index (κ2) is 3.87. The first-order chi connectivity index (χ1) is 3.27. The van der Waals surface area contributed by atoms with Gasteiger partial charge in [-0.25, -0.2) is 4.79 Å². The molecule has 0 aromatic rings. The van der Waals surface area contributed by atoms with Gasteiger partial charge in [-0.3, -0.25) is 0 Å². The quantitative estimate of drug-likeness (QED) is 0.412. The van der Waals surface area contributed by atoms with Crippen LogP contribution in [0.1, 0.15) is 0 Å². The maximum absolute atomic E-state index is 11.0. The van der Waals surface area contributed by atoms with Gasteiger partial charge in [0.25, 0.3) is 0 Å². The summed E-state index contributed by atoms with van der Waals surface area (Å²) in [4.78, 5) is 9.26. The lowest BCUT2D eigenvalue weighted by Gasteiger charge is -1.89. The second-order valence-corrected chi connectivity index (χ2v) is 1.15. The molecular formula is C3H4ClFO2. The number of halogens is 2. The highest BCUT2D eigenvalue weighted by Gasteiger charge is 1.92. The lowest BCUT2D eigenvalue weighted by atomic mass is 10.9. The SMILES string of the molecule is O=C(F)OCCCl. The van der Waals surface area contributed by atoms with Crippen LogP contribution in [0.4, 0.5) is 9.18 Å². The molecule has 42 valence electrons. The third kappa shape index (κ3) is 5.69. The van der Waals surface area contributed by atoms with Crippen LogP contribution in [0, 0.1) is 0 Å². The number of ether oxygens (including phenoxy) is 1. The first-order valence-electron chi connectivity index (χ1n) is 1.65. The van der Waals surface area contributed by atoms with Crippen LogP contribution in [-0.4, -0.2) is 18.7 Å². The molecule has 0 aliphatic heterocycles. The minimum atomic E-state index is -1.78. The van der Waals surface area contributed by atoms with Crippen LogP contribution in [-0.2, 0) is 4.74 Å². The fourth-order valence-corrected chi connectivity index (χ4v) is 0.196. The van der Waals surface area contributed by atoms with Crippen molar-refractivity contribution >= 4 is 17.8 Å². The van der Waals surface area contributed by atoms with Gasteiger partial charge in [-0.2, -0.15) is 0 Å². The summed E-state index contributed by atoms with van der Waals surface area (Å²) in [5.74, 6) is 0.135. The Hall–Kier alpha value is -0.310. The molecule has 0 radical (unpaired) electrons. The highest BCUT2D eigenvalue weighted by molar-refractivity contribution is 6.18. The van der Waals surface area contributed by atoms with E-state index < -0.39 is 6.22 Å². The van der Waals surface area contributed by atoms with E-state index in [0.29, 0.717) is 0 Å². The van der Waals surface area contributed by atoms with E-state index in [1.54, 1.807) is 0 Å². The molecule has 0 heterocycles. The Morgan fingerprint density at radius 3 is 2.57 bits per heavy atom. The Balaban J connectivity index is 2.82. The summed E-state index contributed by atoms with van der Waals surface area (Å²) in [5, 5.41) is 0. The van der Waals surface area contributed by atoms with Crippen LogP contribution in [0.25, 0.3) is 0 Å². The van der Waals surface area contributed by atoms with Gasteiger partial charge in [0.15, 0.2) is 0 Å². The smallest absolute Gasteiger partial charge is 0.439 e. The van der Waals surface area contributed by atoms with E-state index in [9.17, 15) is 9.18 Å². The van der Waals surface area contributed by atoms with Crippen LogP contribution < -0.4 is 0 Å². The van der Waals surface area contributed by atoms with Crippen LogP contribution >= 0.6 is 11.6 Å². The molecule has 0 N–H and O–H groups in total. The summed E-state index contributed by atoms with van der Waals surface area (Å²) in [6, 6.07) is 0. The molecule has 0 aromatic carbocycles. The van der Waals surface area contributed by atoms with Crippen molar-refractivity contribution in [2.75, 3.05) is 12.5 Å². The average molecular weight is 127 g/mol. The van der Waals surface area contributed by atoms with Gasteiger partial charge in [0.05, 0.1) is 5.88 Å². The van der Waals surface area contributed by atoms with Crippen molar-refractivity contribution in [3.8, 4) is 0 Å². The Morgan fingerprint density at radius 2 is 2.43 bits per heavy atom. The van der Waals surface area contributed by atoms with Gasteiger partial charge >= 0.3 is 6.22 Å². The third-order valence-corrected chi connectivity index (χ3v) is 0.447. The largest absolute Gasteiger partial charge is 0.495 e. The number of hydrogen-bond acceptors (Lipinski definition) is 2. The minimum Gasteiger partial charge on any atom is -0.439 e. The van der Waals surface area contributed by atoms with E-state index >= 15 is 0 Å². The zero-order chi connectivity index (χ0) is 5.70. The van der Waals surface area contributed by atoms with Gasteiger partial charge in [0.2, 0.25) is 0 Å². The normalized spacial score (nSPS) is 8.29. The van der Waals surface area contributed by atoms with E-state index in [2.05, 4.69) is 4.74 Å². The number of rotatable bonds is 2. The molecule has 7 heavy (non-hydrogen) atoms. The predicted octanol–water partition coefficient (Wildman–Crippen LogP) is 1.33. The molecule has 0 aromatic heterocycles. The molecule has 0 fully saturated rings. The summed E-state index contributed by atoms with van der Waals surface area (Å²) >= 11 is 5.00. The van der Waals surface area contributed by atoms with E-state index in [0.717, 1.165) is 0 Å². The zero-order valence-corrected chi connectivity index (χ0v) is 4.24. The highest BCUT2D eigenvalue weighted by atomic mass is 35.5. The fraction of sp³-hybridized carbons (Fsp3) is 0.667. The summed E-state index contributed by atoms with van der Waals surface area (Å²) in [6.07, 6.45) is -1.78. The van der Waals surface area contributed by atoms with Gasteiger partial charge in [0, 0.05) is 0 Å². The lowest BCUT2D eigenvalue weighted by molar-refractivity contribution is 0.127. The Kier molecular flexibility index (Phi) is 3.69. The molecule has 0 atom stereocenters. The van der Waals surface area contributed by atoms with Crippen molar-refractivity contribution in [2.45, 2.75) is 0 Å². The van der Waals surface area contributed by atoms with E-state index in [4.69, 9.17) is 11.6 Å². The fourth-order valence-electron chi connectivity index (χ4n) is 0.119. The summed E-state index contributed by atoms with van der Waals surface area (Å²) in [5.41, 5.74) is 0. The molecule has 0 saturated carbocycles. The first-order valence-corrected chi connectivity index (χ1v) is 2.19. The number of hydrogen-bond donors (Lipinski definition) is 0. The average Bonchev–Trinajstić information content (AvgIpc) is 1.61. The van der Waals surface area contributed by atoms with Crippen LogP contribution in [0.2, 0.25) is 0 Å². The Morgan fingerprint density at radius 1 is 1.86 bits per heavy atom. The Labute approximate surface area is 45.2 Å². The van der Waals surface area contributed by atoms with Gasteiger partial charge in [-0.15, -0.1) is 16.0 Å². The van der Waals surface area contributed by atoms with E-state index in [1.165, 1.54) is 0 Å². The van der Waals surface area contributed by atoms with Crippen LogP contribution in [0.5, 0.6) is 0 Å². The summed E-state index contributed by atoms with van der Waals surface area (Å²) in [7, 11) is 0. The zero-order valence-electron chi connectivity index (χ0n) is 3.49. The van der Waals surface area contributed by atoms with E-state index in [1.807, 2.05) is 0 Å². The number of carbonyl (C=O) groups excluding carboxylic acids is 1. The lowest BCUT2D eigenvalue weighted by Crippen LogP contribution is -1.97. The minimum absolute atomic E-state index is 0.0586. The van der Waals surface area contributed by atoms with Crippen molar-refractivity contribution in [3.63, 3.8) is 0 Å². The second-order valence-electron chi connectivity index (χ2n) is 0.775. The van der Waals surface area contributed by atoms with Crippen molar-refractivity contribution < 1.29 is 13.9 Å². The maximum atomic E-state index is 11.0. The Bertz CT molecular complexity index is 66.0.